The van der Waals surface area contributed by atoms with Gasteiger partial charge in [0.25, 0.3) is 5.91 Å². The standard InChI is InChI=1S/C17H14N2O2/c18-12-13-5-3-6-14(11-13)17(20)19-9-4-10-21-16-8-2-1-7-15(16)19/h1-3,5-8,11H,4,9-10H2. The van der Waals surface area contributed by atoms with Gasteiger partial charge in [0.2, 0.25) is 0 Å². The lowest BCUT2D eigenvalue weighted by Crippen LogP contribution is -2.31. The van der Waals surface area contributed by atoms with Crippen LogP contribution in [0.4, 0.5) is 5.69 Å². The molecule has 0 saturated heterocycles. The molecule has 0 saturated carbocycles. The van der Waals surface area contributed by atoms with E-state index in [2.05, 4.69) is 6.07 Å². The van der Waals surface area contributed by atoms with Crippen LogP contribution in [0.2, 0.25) is 0 Å². The third kappa shape index (κ3) is 2.59. The Morgan fingerprint density at radius 1 is 1.19 bits per heavy atom. The van der Waals surface area contributed by atoms with Crippen LogP contribution in [0.1, 0.15) is 22.3 Å². The molecule has 0 N–H and O–H groups in total. The molecule has 0 fully saturated rings. The molecule has 0 aliphatic carbocycles. The summed E-state index contributed by atoms with van der Waals surface area (Å²) in [6, 6.07) is 16.4. The molecule has 0 atom stereocenters. The number of rotatable bonds is 1. The number of anilines is 1. The molecular weight excluding hydrogens is 264 g/mol. The number of nitriles is 1. The molecule has 1 amide bonds. The highest BCUT2D eigenvalue weighted by molar-refractivity contribution is 6.07. The Kier molecular flexibility index (Phi) is 3.57. The molecule has 104 valence electrons. The number of hydrogen-bond donors (Lipinski definition) is 0. The van der Waals surface area contributed by atoms with Crippen molar-refractivity contribution in [3.63, 3.8) is 0 Å². The van der Waals surface area contributed by atoms with Gasteiger partial charge in [0.1, 0.15) is 5.75 Å². The van der Waals surface area contributed by atoms with E-state index >= 15 is 0 Å². The van der Waals surface area contributed by atoms with E-state index in [9.17, 15) is 4.79 Å². The molecule has 0 unspecified atom stereocenters. The van der Waals surface area contributed by atoms with Crippen molar-refractivity contribution < 1.29 is 9.53 Å². The second-order valence-electron chi connectivity index (χ2n) is 4.82. The number of amides is 1. The van der Waals surface area contributed by atoms with E-state index < -0.39 is 0 Å². The fraction of sp³-hybridized carbons (Fsp3) is 0.176. The van der Waals surface area contributed by atoms with Gasteiger partial charge in [-0.05, 0) is 36.8 Å². The van der Waals surface area contributed by atoms with Crippen molar-refractivity contribution in [1.82, 2.24) is 0 Å². The molecule has 3 rings (SSSR count). The minimum Gasteiger partial charge on any atom is -0.491 e. The third-order valence-corrected chi connectivity index (χ3v) is 3.42. The van der Waals surface area contributed by atoms with Crippen LogP contribution in [0.15, 0.2) is 48.5 Å². The summed E-state index contributed by atoms with van der Waals surface area (Å²) in [5.74, 6) is 0.616. The molecule has 0 aromatic heterocycles. The van der Waals surface area contributed by atoms with Crippen LogP contribution in [0, 0.1) is 11.3 Å². The second kappa shape index (κ2) is 5.68. The number of carbonyl (C=O) groups excluding carboxylic acids is 1. The molecule has 0 radical (unpaired) electrons. The summed E-state index contributed by atoms with van der Waals surface area (Å²) in [6.07, 6.45) is 0.776. The minimum atomic E-state index is -0.106. The monoisotopic (exact) mass is 278 g/mol. The molecule has 1 heterocycles. The van der Waals surface area contributed by atoms with Crippen molar-refractivity contribution in [2.45, 2.75) is 6.42 Å². The second-order valence-corrected chi connectivity index (χ2v) is 4.82. The van der Waals surface area contributed by atoms with Gasteiger partial charge in [-0.2, -0.15) is 5.26 Å². The highest BCUT2D eigenvalue weighted by atomic mass is 16.5. The topological polar surface area (TPSA) is 53.3 Å². The maximum absolute atomic E-state index is 12.7. The van der Waals surface area contributed by atoms with E-state index in [0.29, 0.717) is 24.3 Å². The lowest BCUT2D eigenvalue weighted by molar-refractivity contribution is 0.0987. The van der Waals surface area contributed by atoms with E-state index in [1.165, 1.54) is 0 Å². The van der Waals surface area contributed by atoms with Crippen molar-refractivity contribution in [3.05, 3.63) is 59.7 Å². The van der Waals surface area contributed by atoms with E-state index in [-0.39, 0.29) is 5.91 Å². The summed E-state index contributed by atoms with van der Waals surface area (Å²) in [5.41, 5.74) is 1.79. The lowest BCUT2D eigenvalue weighted by Gasteiger charge is -2.21. The highest BCUT2D eigenvalue weighted by Crippen LogP contribution is 2.31. The van der Waals surface area contributed by atoms with Crippen LogP contribution in [0.3, 0.4) is 0 Å². The molecule has 21 heavy (non-hydrogen) atoms. The first-order chi connectivity index (χ1) is 10.3. The largest absolute Gasteiger partial charge is 0.491 e. The van der Waals surface area contributed by atoms with Crippen LogP contribution in [-0.2, 0) is 0 Å². The predicted octanol–water partition coefficient (Wildman–Crippen LogP) is 2.99. The Morgan fingerprint density at radius 3 is 2.90 bits per heavy atom. The van der Waals surface area contributed by atoms with Gasteiger partial charge in [0.15, 0.2) is 0 Å². The van der Waals surface area contributed by atoms with Gasteiger partial charge < -0.3 is 9.64 Å². The zero-order valence-corrected chi connectivity index (χ0v) is 11.5. The van der Waals surface area contributed by atoms with Crippen LogP contribution < -0.4 is 9.64 Å². The Morgan fingerprint density at radius 2 is 2.05 bits per heavy atom. The van der Waals surface area contributed by atoms with E-state index in [1.807, 2.05) is 24.3 Å². The normalized spacial score (nSPS) is 13.6. The fourth-order valence-corrected chi connectivity index (χ4v) is 2.42. The molecule has 0 bridgehead atoms. The number of benzene rings is 2. The number of nitrogens with zero attached hydrogens (tertiary/aromatic N) is 2. The maximum atomic E-state index is 12.7. The molecule has 1 aliphatic rings. The number of hydrogen-bond acceptors (Lipinski definition) is 3. The molecule has 4 nitrogen and oxygen atoms in total. The Labute approximate surface area is 123 Å². The summed E-state index contributed by atoms with van der Waals surface area (Å²) in [4.78, 5) is 14.5. The van der Waals surface area contributed by atoms with Crippen molar-refractivity contribution in [2.75, 3.05) is 18.1 Å². The Balaban J connectivity index is 1.99. The smallest absolute Gasteiger partial charge is 0.258 e. The van der Waals surface area contributed by atoms with Gasteiger partial charge >= 0.3 is 0 Å². The summed E-state index contributed by atoms with van der Waals surface area (Å²) in [5, 5.41) is 8.96. The Bertz CT molecular complexity index is 719. The average molecular weight is 278 g/mol. The van der Waals surface area contributed by atoms with Crippen molar-refractivity contribution in [3.8, 4) is 11.8 Å². The molecule has 2 aromatic rings. The number of para-hydroxylation sites is 2. The molecule has 1 aliphatic heterocycles. The molecule has 0 spiro atoms. The number of carbonyl (C=O) groups is 1. The van der Waals surface area contributed by atoms with Gasteiger partial charge in [-0.1, -0.05) is 18.2 Å². The summed E-state index contributed by atoms with van der Waals surface area (Å²) >= 11 is 0. The Hall–Kier alpha value is -2.80. The van der Waals surface area contributed by atoms with Crippen LogP contribution >= 0.6 is 0 Å². The van der Waals surface area contributed by atoms with Crippen LogP contribution in [0.5, 0.6) is 5.75 Å². The van der Waals surface area contributed by atoms with Crippen molar-refractivity contribution >= 4 is 11.6 Å². The first-order valence-corrected chi connectivity index (χ1v) is 6.83. The number of fused-ring (bicyclic) bond motifs is 1. The molecule has 2 aromatic carbocycles. The van der Waals surface area contributed by atoms with Crippen LogP contribution in [0.25, 0.3) is 0 Å². The average Bonchev–Trinajstić information content (AvgIpc) is 2.76. The summed E-state index contributed by atoms with van der Waals surface area (Å²) in [7, 11) is 0. The first kappa shape index (κ1) is 13.2. The van der Waals surface area contributed by atoms with Crippen LogP contribution in [-0.4, -0.2) is 19.1 Å². The molecule has 4 heteroatoms. The zero-order chi connectivity index (χ0) is 14.7. The molecular formula is C17H14N2O2. The van der Waals surface area contributed by atoms with Gasteiger partial charge in [0.05, 0.1) is 23.9 Å². The van der Waals surface area contributed by atoms with E-state index in [1.54, 1.807) is 29.2 Å². The lowest BCUT2D eigenvalue weighted by atomic mass is 10.1. The summed E-state index contributed by atoms with van der Waals surface area (Å²) in [6.45, 7) is 1.20. The first-order valence-electron chi connectivity index (χ1n) is 6.83. The summed E-state index contributed by atoms with van der Waals surface area (Å²) < 4.78 is 5.66. The minimum absolute atomic E-state index is 0.106. The van der Waals surface area contributed by atoms with E-state index in [4.69, 9.17) is 10.00 Å². The maximum Gasteiger partial charge on any atom is 0.258 e. The predicted molar refractivity (Wildman–Crippen MR) is 79.4 cm³/mol. The zero-order valence-electron chi connectivity index (χ0n) is 11.5. The van der Waals surface area contributed by atoms with Gasteiger partial charge in [-0.25, -0.2) is 0 Å². The SMILES string of the molecule is N#Cc1cccc(C(=O)N2CCCOc3ccccc32)c1. The van der Waals surface area contributed by atoms with Crippen molar-refractivity contribution in [2.24, 2.45) is 0 Å². The van der Waals surface area contributed by atoms with Gasteiger partial charge in [-0.3, -0.25) is 4.79 Å². The van der Waals surface area contributed by atoms with E-state index in [0.717, 1.165) is 17.9 Å². The fourth-order valence-electron chi connectivity index (χ4n) is 2.42. The van der Waals surface area contributed by atoms with Gasteiger partial charge in [-0.15, -0.1) is 0 Å². The third-order valence-electron chi connectivity index (χ3n) is 3.42. The quantitative estimate of drug-likeness (QED) is 0.805. The number of ether oxygens (including phenoxy) is 1. The van der Waals surface area contributed by atoms with Gasteiger partial charge in [0, 0.05) is 12.1 Å². The highest BCUT2D eigenvalue weighted by Gasteiger charge is 2.23. The van der Waals surface area contributed by atoms with Crippen molar-refractivity contribution in [1.29, 1.82) is 5.26 Å².